The molecular weight excluding hydrogens is 242 g/mol. The number of hydrogen-bond donors (Lipinski definition) is 1. The van der Waals surface area contributed by atoms with E-state index >= 15 is 0 Å². The molecule has 2 aliphatic rings. The van der Waals surface area contributed by atoms with Crippen molar-refractivity contribution in [3.05, 3.63) is 35.4 Å². The molecule has 1 saturated carbocycles. The second-order valence-electron chi connectivity index (χ2n) is 6.75. The Labute approximate surface area is 124 Å². The molecule has 0 aliphatic heterocycles. The van der Waals surface area contributed by atoms with E-state index in [0.29, 0.717) is 0 Å². The average Bonchev–Trinajstić information content (AvgIpc) is 2.72. The highest BCUT2D eigenvalue weighted by atomic mass is 14.9. The average molecular weight is 271 g/mol. The van der Waals surface area contributed by atoms with Gasteiger partial charge in [-0.05, 0) is 55.2 Å². The van der Waals surface area contributed by atoms with Gasteiger partial charge >= 0.3 is 0 Å². The van der Waals surface area contributed by atoms with Gasteiger partial charge in [0.2, 0.25) is 0 Å². The zero-order valence-electron chi connectivity index (χ0n) is 12.9. The quantitative estimate of drug-likeness (QED) is 0.768. The summed E-state index contributed by atoms with van der Waals surface area (Å²) in [5, 5.41) is 3.81. The van der Waals surface area contributed by atoms with Gasteiger partial charge in [-0.1, -0.05) is 56.9 Å². The van der Waals surface area contributed by atoms with Crippen LogP contribution in [-0.4, -0.2) is 12.6 Å². The zero-order chi connectivity index (χ0) is 13.8. The number of nitrogens with one attached hydrogen (secondary N) is 1. The number of benzene rings is 1. The minimum absolute atomic E-state index is 0.747. The van der Waals surface area contributed by atoms with E-state index in [4.69, 9.17) is 0 Å². The van der Waals surface area contributed by atoms with Gasteiger partial charge in [-0.25, -0.2) is 0 Å². The molecule has 2 unspecified atom stereocenters. The second kappa shape index (κ2) is 6.76. The number of fused-ring (bicyclic) bond motifs is 1. The van der Waals surface area contributed by atoms with Crippen LogP contribution in [0.1, 0.15) is 68.9 Å². The van der Waals surface area contributed by atoms with Crippen LogP contribution in [0.15, 0.2) is 24.3 Å². The fraction of sp³-hybridized carbons (Fsp3) is 0.684. The monoisotopic (exact) mass is 271 g/mol. The normalized spacial score (nSPS) is 24.6. The summed E-state index contributed by atoms with van der Waals surface area (Å²) in [4.78, 5) is 0. The molecule has 0 bridgehead atoms. The summed E-state index contributed by atoms with van der Waals surface area (Å²) in [6.07, 6.45) is 11.4. The van der Waals surface area contributed by atoms with Crippen molar-refractivity contribution in [2.24, 2.45) is 5.92 Å². The Hall–Kier alpha value is -0.820. The van der Waals surface area contributed by atoms with Gasteiger partial charge in [-0.3, -0.25) is 0 Å². The highest BCUT2D eigenvalue weighted by molar-refractivity contribution is 5.39. The summed E-state index contributed by atoms with van der Waals surface area (Å²) < 4.78 is 0. The van der Waals surface area contributed by atoms with Gasteiger partial charge in [-0.15, -0.1) is 0 Å². The van der Waals surface area contributed by atoms with Crippen molar-refractivity contribution in [2.45, 2.75) is 70.3 Å². The molecule has 3 rings (SSSR count). The molecule has 110 valence electrons. The van der Waals surface area contributed by atoms with Crippen molar-refractivity contribution >= 4 is 0 Å². The smallest absolute Gasteiger partial charge is 0.0101 e. The molecule has 0 saturated heterocycles. The second-order valence-corrected chi connectivity index (χ2v) is 6.75. The molecule has 2 atom stereocenters. The van der Waals surface area contributed by atoms with E-state index in [1.165, 1.54) is 51.4 Å². The van der Waals surface area contributed by atoms with Crippen LogP contribution in [0.4, 0.5) is 0 Å². The topological polar surface area (TPSA) is 12.0 Å². The molecule has 1 nitrogen and oxygen atoms in total. The maximum absolute atomic E-state index is 3.81. The Morgan fingerprint density at radius 2 is 1.85 bits per heavy atom. The molecule has 1 aromatic carbocycles. The standard InChI is InChI=1S/C19H29N/c1-2-20-19(15-9-5-3-4-6-10-15)14-17-13-16-11-7-8-12-18(16)17/h7-8,11-12,15,17,19-20H,2-6,9-10,13-14H2,1H3. The largest absolute Gasteiger partial charge is 0.314 e. The third kappa shape index (κ3) is 3.09. The Morgan fingerprint density at radius 3 is 2.55 bits per heavy atom. The van der Waals surface area contributed by atoms with E-state index in [0.717, 1.165) is 24.4 Å². The molecule has 0 radical (unpaired) electrons. The lowest BCUT2D eigenvalue weighted by Gasteiger charge is -2.36. The van der Waals surface area contributed by atoms with E-state index in [9.17, 15) is 0 Å². The van der Waals surface area contributed by atoms with Gasteiger partial charge < -0.3 is 5.32 Å². The third-order valence-electron chi connectivity index (χ3n) is 5.43. The van der Waals surface area contributed by atoms with Gasteiger partial charge in [0.15, 0.2) is 0 Å². The minimum Gasteiger partial charge on any atom is -0.314 e. The van der Waals surface area contributed by atoms with Gasteiger partial charge in [0, 0.05) is 6.04 Å². The van der Waals surface area contributed by atoms with E-state index in [1.54, 1.807) is 11.1 Å². The Morgan fingerprint density at radius 1 is 1.10 bits per heavy atom. The highest BCUT2D eigenvalue weighted by Crippen LogP contribution is 2.40. The summed E-state index contributed by atoms with van der Waals surface area (Å²) >= 11 is 0. The first kappa shape index (κ1) is 14.1. The van der Waals surface area contributed by atoms with Crippen molar-refractivity contribution in [1.29, 1.82) is 0 Å². The van der Waals surface area contributed by atoms with E-state index in [2.05, 4.69) is 36.5 Å². The Kier molecular flexibility index (Phi) is 4.77. The van der Waals surface area contributed by atoms with Crippen molar-refractivity contribution in [3.63, 3.8) is 0 Å². The first-order valence-corrected chi connectivity index (χ1v) is 8.69. The molecule has 0 spiro atoms. The molecular formula is C19H29N. The maximum atomic E-state index is 3.81. The lowest BCUT2D eigenvalue weighted by molar-refractivity contribution is 0.286. The SMILES string of the molecule is CCNC(CC1Cc2ccccc21)C1CCCCCC1. The van der Waals surface area contributed by atoms with Gasteiger partial charge in [0.25, 0.3) is 0 Å². The van der Waals surface area contributed by atoms with Crippen LogP contribution in [0.2, 0.25) is 0 Å². The predicted octanol–water partition coefficient (Wildman–Crippen LogP) is 4.66. The van der Waals surface area contributed by atoms with Crippen LogP contribution in [0, 0.1) is 5.92 Å². The van der Waals surface area contributed by atoms with E-state index in [1.807, 2.05) is 0 Å². The van der Waals surface area contributed by atoms with Crippen molar-refractivity contribution < 1.29 is 0 Å². The molecule has 0 heterocycles. The summed E-state index contributed by atoms with van der Waals surface area (Å²) in [7, 11) is 0. The van der Waals surface area contributed by atoms with Gasteiger partial charge in [0.1, 0.15) is 0 Å². The maximum Gasteiger partial charge on any atom is 0.0101 e. The lowest BCUT2D eigenvalue weighted by Crippen LogP contribution is -2.39. The molecule has 20 heavy (non-hydrogen) atoms. The molecule has 1 fully saturated rings. The fourth-order valence-corrected chi connectivity index (χ4v) is 4.30. The van der Waals surface area contributed by atoms with Crippen LogP contribution >= 0.6 is 0 Å². The van der Waals surface area contributed by atoms with Crippen LogP contribution in [0.3, 0.4) is 0 Å². The summed E-state index contributed by atoms with van der Waals surface area (Å²) in [5.41, 5.74) is 3.22. The third-order valence-corrected chi connectivity index (χ3v) is 5.43. The van der Waals surface area contributed by atoms with Crippen LogP contribution in [0.5, 0.6) is 0 Å². The first-order valence-electron chi connectivity index (χ1n) is 8.69. The molecule has 1 heteroatoms. The molecule has 0 amide bonds. The number of rotatable bonds is 5. The van der Waals surface area contributed by atoms with E-state index < -0.39 is 0 Å². The molecule has 1 aromatic rings. The molecule has 0 aromatic heterocycles. The van der Waals surface area contributed by atoms with Crippen molar-refractivity contribution in [1.82, 2.24) is 5.32 Å². The van der Waals surface area contributed by atoms with Crippen LogP contribution in [0.25, 0.3) is 0 Å². The minimum atomic E-state index is 0.747. The van der Waals surface area contributed by atoms with Crippen molar-refractivity contribution in [3.8, 4) is 0 Å². The van der Waals surface area contributed by atoms with E-state index in [-0.39, 0.29) is 0 Å². The van der Waals surface area contributed by atoms with Gasteiger partial charge in [0.05, 0.1) is 0 Å². The molecule has 1 N–H and O–H groups in total. The zero-order valence-corrected chi connectivity index (χ0v) is 12.9. The van der Waals surface area contributed by atoms with Crippen LogP contribution < -0.4 is 5.32 Å². The van der Waals surface area contributed by atoms with Crippen molar-refractivity contribution in [2.75, 3.05) is 6.54 Å². The summed E-state index contributed by atoms with van der Waals surface area (Å²) in [5.74, 6) is 1.74. The fourth-order valence-electron chi connectivity index (χ4n) is 4.30. The lowest BCUT2D eigenvalue weighted by atomic mass is 9.72. The van der Waals surface area contributed by atoms with Crippen LogP contribution in [-0.2, 0) is 6.42 Å². The summed E-state index contributed by atoms with van der Waals surface area (Å²) in [6.45, 7) is 3.38. The predicted molar refractivity (Wildman–Crippen MR) is 86.2 cm³/mol. The summed E-state index contributed by atoms with van der Waals surface area (Å²) in [6, 6.07) is 9.79. The Bertz CT molecular complexity index is 418. The molecule has 2 aliphatic carbocycles. The Balaban J connectivity index is 1.63. The van der Waals surface area contributed by atoms with Gasteiger partial charge in [-0.2, -0.15) is 0 Å². The number of hydrogen-bond acceptors (Lipinski definition) is 1. The highest BCUT2D eigenvalue weighted by Gasteiger charge is 2.31. The first-order chi connectivity index (χ1) is 9.88.